The molecule has 0 bridgehead atoms. The van der Waals surface area contributed by atoms with E-state index in [4.69, 9.17) is 11.6 Å². The molecule has 1 aromatic carbocycles. The van der Waals surface area contributed by atoms with Crippen LogP contribution >= 0.6 is 11.6 Å². The average Bonchev–Trinajstić information content (AvgIpc) is 3.01. The molecule has 1 heterocycles. The Labute approximate surface area is 139 Å². The molecule has 23 heavy (non-hydrogen) atoms. The fourth-order valence-electron chi connectivity index (χ4n) is 2.17. The fourth-order valence-corrected chi connectivity index (χ4v) is 2.23. The third kappa shape index (κ3) is 4.32. The van der Waals surface area contributed by atoms with Gasteiger partial charge in [0.25, 0.3) is 0 Å². The zero-order valence-electron chi connectivity index (χ0n) is 13.1. The number of halogens is 1. The molecule has 0 saturated heterocycles. The van der Waals surface area contributed by atoms with Gasteiger partial charge in [-0.1, -0.05) is 0 Å². The number of benzene rings is 1. The number of hydrogen-bond acceptors (Lipinski definition) is 4. The number of ketones is 1. The number of hydrogen-bond donors (Lipinski definition) is 2. The summed E-state index contributed by atoms with van der Waals surface area (Å²) in [6, 6.07) is 5.09. The molecule has 0 spiro atoms. The van der Waals surface area contributed by atoms with Gasteiger partial charge in [0.1, 0.15) is 5.88 Å². The van der Waals surface area contributed by atoms with Crippen LogP contribution in [0.2, 0.25) is 0 Å². The predicted molar refractivity (Wildman–Crippen MR) is 91.0 cm³/mol. The first kappa shape index (κ1) is 17.0. The van der Waals surface area contributed by atoms with Crippen molar-refractivity contribution >= 4 is 34.7 Å². The summed E-state index contributed by atoms with van der Waals surface area (Å²) in [6.07, 6.45) is 3.54. The number of carbonyl (C=O) groups is 2. The van der Waals surface area contributed by atoms with Gasteiger partial charge in [-0.05, 0) is 32.0 Å². The summed E-state index contributed by atoms with van der Waals surface area (Å²) < 4.78 is 2.01. The molecule has 2 N–H and O–H groups in total. The lowest BCUT2D eigenvalue weighted by molar-refractivity contribution is -0.113. The first-order chi connectivity index (χ1) is 11.0. The molecule has 0 atom stereocenters. The van der Waals surface area contributed by atoms with Crippen LogP contribution in [0, 0.1) is 0 Å². The Balaban J connectivity index is 2.24. The van der Waals surface area contributed by atoms with E-state index in [-0.39, 0.29) is 17.6 Å². The summed E-state index contributed by atoms with van der Waals surface area (Å²) in [7, 11) is 0. The van der Waals surface area contributed by atoms with Gasteiger partial charge >= 0.3 is 0 Å². The predicted octanol–water partition coefficient (Wildman–Crippen LogP) is 2.90. The molecule has 0 saturated carbocycles. The Morgan fingerprint density at radius 3 is 2.74 bits per heavy atom. The number of alkyl halides is 1. The average molecular weight is 335 g/mol. The van der Waals surface area contributed by atoms with Crippen molar-refractivity contribution in [3.05, 3.63) is 42.0 Å². The molecule has 7 heteroatoms. The lowest BCUT2D eigenvalue weighted by Crippen LogP contribution is -2.15. The van der Waals surface area contributed by atoms with Crippen molar-refractivity contribution in [2.75, 3.05) is 16.5 Å². The van der Waals surface area contributed by atoms with Gasteiger partial charge in [0.05, 0.1) is 29.9 Å². The van der Waals surface area contributed by atoms with Crippen molar-refractivity contribution in [2.24, 2.45) is 0 Å². The molecule has 0 fully saturated rings. The Kier molecular flexibility index (Phi) is 5.76. The first-order valence-corrected chi connectivity index (χ1v) is 7.82. The maximum Gasteiger partial charge on any atom is 0.239 e. The van der Waals surface area contributed by atoms with Crippen molar-refractivity contribution in [1.82, 2.24) is 9.55 Å². The summed E-state index contributed by atoms with van der Waals surface area (Å²) in [5.41, 5.74) is 2.83. The zero-order valence-corrected chi connectivity index (χ0v) is 13.9. The van der Waals surface area contributed by atoms with Gasteiger partial charge in [-0.2, -0.15) is 0 Å². The maximum atomic E-state index is 11.6. The number of amides is 1. The zero-order chi connectivity index (χ0) is 16.8. The number of carbonyl (C=O) groups excluding carboxylic acids is 2. The highest BCUT2D eigenvalue weighted by Crippen LogP contribution is 2.24. The van der Waals surface area contributed by atoms with E-state index < -0.39 is 0 Å². The largest absolute Gasteiger partial charge is 0.378 e. The molecule has 1 aromatic heterocycles. The summed E-state index contributed by atoms with van der Waals surface area (Å²) in [6.45, 7) is 4.88. The van der Waals surface area contributed by atoms with Crippen molar-refractivity contribution in [2.45, 2.75) is 26.9 Å². The van der Waals surface area contributed by atoms with Gasteiger partial charge in [-0.3, -0.25) is 9.59 Å². The van der Waals surface area contributed by atoms with Gasteiger partial charge in [0.15, 0.2) is 5.78 Å². The van der Waals surface area contributed by atoms with Crippen molar-refractivity contribution < 1.29 is 9.59 Å². The molecular weight excluding hydrogens is 316 g/mol. The Morgan fingerprint density at radius 1 is 1.30 bits per heavy atom. The monoisotopic (exact) mass is 334 g/mol. The number of aryl methyl sites for hydroxylation is 1. The van der Waals surface area contributed by atoms with Crippen LogP contribution in [0.25, 0.3) is 0 Å². The molecule has 1 amide bonds. The van der Waals surface area contributed by atoms with Crippen LogP contribution in [0.5, 0.6) is 0 Å². The minimum atomic E-state index is -0.302. The molecule has 0 aliphatic carbocycles. The molecule has 6 nitrogen and oxygen atoms in total. The van der Waals surface area contributed by atoms with Gasteiger partial charge in [0, 0.05) is 18.3 Å². The third-order valence-electron chi connectivity index (χ3n) is 3.42. The fraction of sp³-hybridized carbons (Fsp3) is 0.312. The summed E-state index contributed by atoms with van der Waals surface area (Å²) >= 11 is 5.54. The quantitative estimate of drug-likeness (QED) is 0.603. The van der Waals surface area contributed by atoms with E-state index >= 15 is 0 Å². The first-order valence-electron chi connectivity index (χ1n) is 7.28. The van der Waals surface area contributed by atoms with Crippen LogP contribution in [0.15, 0.2) is 30.7 Å². The summed E-state index contributed by atoms with van der Waals surface area (Å²) in [5.74, 6) is -0.470. The number of Topliss-reactive ketones (excluding diaryl/α,β-unsaturated/α-hetero) is 1. The second-order valence-electron chi connectivity index (χ2n) is 5.02. The number of rotatable bonds is 7. The smallest absolute Gasteiger partial charge is 0.239 e. The van der Waals surface area contributed by atoms with Gasteiger partial charge < -0.3 is 15.2 Å². The van der Waals surface area contributed by atoms with E-state index in [1.165, 1.54) is 6.92 Å². The van der Waals surface area contributed by atoms with Crippen molar-refractivity contribution in [1.29, 1.82) is 0 Å². The summed E-state index contributed by atoms with van der Waals surface area (Å²) in [5, 5.41) is 5.96. The SMILES string of the molecule is CCn1cncc1CNc1cc(C(C)=O)ccc1NC(=O)CCl. The van der Waals surface area contributed by atoms with E-state index in [0.29, 0.717) is 23.5 Å². The molecule has 0 aliphatic heterocycles. The van der Waals surface area contributed by atoms with E-state index in [0.717, 1.165) is 12.2 Å². The molecule has 2 aromatic rings. The lowest BCUT2D eigenvalue weighted by atomic mass is 10.1. The van der Waals surface area contributed by atoms with E-state index in [9.17, 15) is 9.59 Å². The highest BCUT2D eigenvalue weighted by molar-refractivity contribution is 6.29. The van der Waals surface area contributed by atoms with Crippen LogP contribution in [-0.4, -0.2) is 27.1 Å². The number of nitrogens with zero attached hydrogens (tertiary/aromatic N) is 2. The summed E-state index contributed by atoms with van der Waals surface area (Å²) in [4.78, 5) is 27.2. The lowest BCUT2D eigenvalue weighted by Gasteiger charge is -2.14. The molecule has 122 valence electrons. The second-order valence-corrected chi connectivity index (χ2v) is 5.29. The van der Waals surface area contributed by atoms with Crippen LogP contribution in [0.1, 0.15) is 29.9 Å². The standard InChI is InChI=1S/C16H19ClN4O2/c1-3-21-10-18-8-13(21)9-19-15-6-12(11(2)22)4-5-14(15)20-16(23)7-17/h4-6,8,10,19H,3,7,9H2,1-2H3,(H,20,23). The minimum Gasteiger partial charge on any atom is -0.378 e. The van der Waals surface area contributed by atoms with Crippen molar-refractivity contribution in [3.63, 3.8) is 0 Å². The Bertz CT molecular complexity index is 712. The molecule has 0 aliphatic rings. The maximum absolute atomic E-state index is 11.6. The number of anilines is 2. The van der Waals surface area contributed by atoms with Crippen LogP contribution in [-0.2, 0) is 17.9 Å². The Morgan fingerprint density at radius 2 is 2.09 bits per heavy atom. The molecule has 0 radical (unpaired) electrons. The normalized spacial score (nSPS) is 10.4. The van der Waals surface area contributed by atoms with Crippen LogP contribution in [0.4, 0.5) is 11.4 Å². The van der Waals surface area contributed by atoms with Gasteiger partial charge in [0.2, 0.25) is 5.91 Å². The van der Waals surface area contributed by atoms with Crippen LogP contribution in [0.3, 0.4) is 0 Å². The van der Waals surface area contributed by atoms with Crippen molar-refractivity contribution in [3.8, 4) is 0 Å². The second kappa shape index (κ2) is 7.78. The Hall–Kier alpha value is -2.34. The van der Waals surface area contributed by atoms with E-state index in [2.05, 4.69) is 15.6 Å². The van der Waals surface area contributed by atoms with Gasteiger partial charge in [-0.25, -0.2) is 4.98 Å². The highest BCUT2D eigenvalue weighted by atomic mass is 35.5. The van der Waals surface area contributed by atoms with Crippen LogP contribution < -0.4 is 10.6 Å². The van der Waals surface area contributed by atoms with E-state index in [1.54, 1.807) is 30.7 Å². The number of nitrogens with one attached hydrogen (secondary N) is 2. The minimum absolute atomic E-state index is 0.0399. The van der Waals surface area contributed by atoms with E-state index in [1.807, 2.05) is 11.5 Å². The topological polar surface area (TPSA) is 76.0 Å². The highest BCUT2D eigenvalue weighted by Gasteiger charge is 2.10. The number of aromatic nitrogens is 2. The number of imidazole rings is 1. The van der Waals surface area contributed by atoms with Gasteiger partial charge in [-0.15, -0.1) is 11.6 Å². The third-order valence-corrected chi connectivity index (χ3v) is 3.66. The molecule has 0 unspecified atom stereocenters. The molecule has 2 rings (SSSR count). The molecular formula is C16H19ClN4O2.